The number of benzene rings is 1. The standard InChI is InChI=1S/C16H23NO3/c1-15(2)10-17(11-16(3,4)20-15)9-12-6-5-7-13(8-12)14(18)19/h5-8H,9-11H2,1-4H3,(H,18,19). The second-order valence-corrected chi connectivity index (χ2v) is 6.77. The van der Waals surface area contributed by atoms with E-state index in [4.69, 9.17) is 9.84 Å². The molecular weight excluding hydrogens is 254 g/mol. The summed E-state index contributed by atoms with van der Waals surface area (Å²) in [7, 11) is 0. The van der Waals surface area contributed by atoms with Crippen LogP contribution in [0, 0.1) is 0 Å². The normalized spacial score (nSPS) is 21.6. The van der Waals surface area contributed by atoms with Crippen molar-refractivity contribution in [2.45, 2.75) is 45.4 Å². The van der Waals surface area contributed by atoms with Crippen molar-refractivity contribution >= 4 is 5.97 Å². The summed E-state index contributed by atoms with van der Waals surface area (Å²) in [5.41, 5.74) is 0.992. The number of carboxylic acids is 1. The summed E-state index contributed by atoms with van der Waals surface area (Å²) < 4.78 is 6.06. The Labute approximate surface area is 120 Å². The molecule has 1 aromatic rings. The number of morpholine rings is 1. The Morgan fingerprint density at radius 2 is 1.85 bits per heavy atom. The first-order valence-corrected chi connectivity index (χ1v) is 6.92. The van der Waals surface area contributed by atoms with Crippen LogP contribution in [0.25, 0.3) is 0 Å². The molecule has 0 unspecified atom stereocenters. The summed E-state index contributed by atoms with van der Waals surface area (Å²) in [6.45, 7) is 10.8. The number of rotatable bonds is 3. The number of aromatic carboxylic acids is 1. The van der Waals surface area contributed by atoms with Crippen LogP contribution in [0.15, 0.2) is 24.3 Å². The molecule has 1 aliphatic heterocycles. The van der Waals surface area contributed by atoms with Crippen molar-refractivity contribution in [3.05, 3.63) is 35.4 Å². The highest BCUT2D eigenvalue weighted by atomic mass is 16.5. The van der Waals surface area contributed by atoms with Crippen LogP contribution < -0.4 is 0 Å². The van der Waals surface area contributed by atoms with Gasteiger partial charge in [0.1, 0.15) is 0 Å². The molecule has 110 valence electrons. The lowest BCUT2D eigenvalue weighted by atomic mass is 9.98. The van der Waals surface area contributed by atoms with E-state index in [9.17, 15) is 4.79 Å². The first-order chi connectivity index (χ1) is 9.17. The van der Waals surface area contributed by atoms with Gasteiger partial charge in [0.25, 0.3) is 0 Å². The molecule has 1 saturated heterocycles. The molecule has 1 fully saturated rings. The first kappa shape index (κ1) is 15.0. The molecule has 2 rings (SSSR count). The minimum absolute atomic E-state index is 0.188. The monoisotopic (exact) mass is 277 g/mol. The Balaban J connectivity index is 2.13. The van der Waals surface area contributed by atoms with Crippen LogP contribution in [0.4, 0.5) is 0 Å². The van der Waals surface area contributed by atoms with Gasteiger partial charge in [0.2, 0.25) is 0 Å². The molecule has 0 aliphatic carbocycles. The Bertz CT molecular complexity index is 492. The van der Waals surface area contributed by atoms with Gasteiger partial charge in [0.15, 0.2) is 0 Å². The van der Waals surface area contributed by atoms with Gasteiger partial charge < -0.3 is 9.84 Å². The molecule has 0 aromatic heterocycles. The quantitative estimate of drug-likeness (QED) is 0.923. The molecule has 1 aliphatic rings. The van der Waals surface area contributed by atoms with Gasteiger partial charge in [-0.25, -0.2) is 4.79 Å². The summed E-state index contributed by atoms with van der Waals surface area (Å²) in [5, 5.41) is 9.05. The molecule has 0 bridgehead atoms. The third-order valence-corrected chi connectivity index (χ3v) is 3.34. The maximum atomic E-state index is 11.0. The van der Waals surface area contributed by atoms with E-state index in [0.29, 0.717) is 5.56 Å². The number of carboxylic acid groups (broad SMARTS) is 1. The zero-order valence-electron chi connectivity index (χ0n) is 12.6. The predicted octanol–water partition coefficient (Wildman–Crippen LogP) is 2.77. The van der Waals surface area contributed by atoms with Crippen LogP contribution in [0.3, 0.4) is 0 Å². The summed E-state index contributed by atoms with van der Waals surface area (Å²) in [6, 6.07) is 7.15. The molecular formula is C16H23NO3. The summed E-state index contributed by atoms with van der Waals surface area (Å²) in [6.07, 6.45) is 0. The van der Waals surface area contributed by atoms with Crippen LogP contribution in [-0.2, 0) is 11.3 Å². The maximum Gasteiger partial charge on any atom is 0.335 e. The van der Waals surface area contributed by atoms with Gasteiger partial charge >= 0.3 is 5.97 Å². The van der Waals surface area contributed by atoms with E-state index >= 15 is 0 Å². The fourth-order valence-corrected chi connectivity index (χ4v) is 3.12. The van der Waals surface area contributed by atoms with Crippen LogP contribution in [-0.4, -0.2) is 40.3 Å². The zero-order valence-corrected chi connectivity index (χ0v) is 12.6. The van der Waals surface area contributed by atoms with Crippen molar-refractivity contribution in [2.24, 2.45) is 0 Å². The Morgan fingerprint density at radius 1 is 1.25 bits per heavy atom. The number of nitrogens with zero attached hydrogens (tertiary/aromatic N) is 1. The number of hydrogen-bond acceptors (Lipinski definition) is 3. The van der Waals surface area contributed by atoms with E-state index in [1.54, 1.807) is 18.2 Å². The van der Waals surface area contributed by atoms with E-state index in [-0.39, 0.29) is 11.2 Å². The van der Waals surface area contributed by atoms with Crippen LogP contribution in [0.1, 0.15) is 43.6 Å². The minimum Gasteiger partial charge on any atom is -0.478 e. The van der Waals surface area contributed by atoms with Gasteiger partial charge in [-0.05, 0) is 45.4 Å². The average Bonchev–Trinajstić information content (AvgIpc) is 2.24. The molecule has 20 heavy (non-hydrogen) atoms. The molecule has 1 heterocycles. The maximum absolute atomic E-state index is 11.0. The topological polar surface area (TPSA) is 49.8 Å². The van der Waals surface area contributed by atoms with E-state index < -0.39 is 5.97 Å². The first-order valence-electron chi connectivity index (χ1n) is 6.92. The fraction of sp³-hybridized carbons (Fsp3) is 0.562. The third-order valence-electron chi connectivity index (χ3n) is 3.34. The summed E-state index contributed by atoms with van der Waals surface area (Å²) >= 11 is 0. The van der Waals surface area contributed by atoms with Crippen molar-refractivity contribution in [1.29, 1.82) is 0 Å². The highest BCUT2D eigenvalue weighted by Gasteiger charge is 2.37. The average molecular weight is 277 g/mol. The lowest BCUT2D eigenvalue weighted by Crippen LogP contribution is -2.56. The fourth-order valence-electron chi connectivity index (χ4n) is 3.12. The molecule has 0 radical (unpaired) electrons. The third kappa shape index (κ3) is 3.81. The Hall–Kier alpha value is -1.39. The molecule has 4 heteroatoms. The van der Waals surface area contributed by atoms with Gasteiger partial charge in [0.05, 0.1) is 16.8 Å². The summed E-state index contributed by atoms with van der Waals surface area (Å²) in [5.74, 6) is -0.880. The SMILES string of the molecule is CC1(C)CN(Cc2cccc(C(=O)O)c2)CC(C)(C)O1. The van der Waals surface area contributed by atoms with Gasteiger partial charge in [-0.15, -0.1) is 0 Å². The smallest absolute Gasteiger partial charge is 0.335 e. The van der Waals surface area contributed by atoms with Crippen molar-refractivity contribution in [3.63, 3.8) is 0 Å². The number of ether oxygens (including phenoxy) is 1. The van der Waals surface area contributed by atoms with E-state index in [0.717, 1.165) is 25.2 Å². The molecule has 1 N–H and O–H groups in total. The van der Waals surface area contributed by atoms with Crippen LogP contribution in [0.5, 0.6) is 0 Å². The highest BCUT2D eigenvalue weighted by molar-refractivity contribution is 5.87. The lowest BCUT2D eigenvalue weighted by Gasteiger charge is -2.47. The summed E-state index contributed by atoms with van der Waals surface area (Å²) in [4.78, 5) is 13.3. The second-order valence-electron chi connectivity index (χ2n) is 6.77. The largest absolute Gasteiger partial charge is 0.478 e. The molecule has 0 amide bonds. The van der Waals surface area contributed by atoms with Crippen molar-refractivity contribution < 1.29 is 14.6 Å². The van der Waals surface area contributed by atoms with Crippen LogP contribution in [0.2, 0.25) is 0 Å². The van der Waals surface area contributed by atoms with Gasteiger partial charge in [0, 0.05) is 19.6 Å². The Morgan fingerprint density at radius 3 is 2.40 bits per heavy atom. The van der Waals surface area contributed by atoms with Gasteiger partial charge in [-0.1, -0.05) is 12.1 Å². The van der Waals surface area contributed by atoms with Gasteiger partial charge in [-0.3, -0.25) is 4.90 Å². The van der Waals surface area contributed by atoms with E-state index in [1.165, 1.54) is 0 Å². The second kappa shape index (κ2) is 5.19. The van der Waals surface area contributed by atoms with E-state index in [2.05, 4.69) is 32.6 Å². The Kier molecular flexibility index (Phi) is 3.89. The molecule has 0 atom stereocenters. The van der Waals surface area contributed by atoms with Gasteiger partial charge in [-0.2, -0.15) is 0 Å². The molecule has 1 aromatic carbocycles. The number of carbonyl (C=O) groups is 1. The predicted molar refractivity (Wildman–Crippen MR) is 77.9 cm³/mol. The highest BCUT2D eigenvalue weighted by Crippen LogP contribution is 2.29. The number of hydrogen-bond donors (Lipinski definition) is 1. The van der Waals surface area contributed by atoms with Crippen molar-refractivity contribution in [3.8, 4) is 0 Å². The minimum atomic E-state index is -0.880. The lowest BCUT2D eigenvalue weighted by molar-refractivity contribution is -0.182. The van der Waals surface area contributed by atoms with E-state index in [1.807, 2.05) is 6.07 Å². The molecule has 0 saturated carbocycles. The zero-order chi connectivity index (χ0) is 15.0. The van der Waals surface area contributed by atoms with Crippen molar-refractivity contribution in [2.75, 3.05) is 13.1 Å². The molecule has 4 nitrogen and oxygen atoms in total. The molecule has 0 spiro atoms. The van der Waals surface area contributed by atoms with Crippen LogP contribution >= 0.6 is 0 Å². The van der Waals surface area contributed by atoms with Crippen molar-refractivity contribution in [1.82, 2.24) is 4.90 Å².